The Kier molecular flexibility index (Phi) is 3.88. The summed E-state index contributed by atoms with van der Waals surface area (Å²) in [5, 5.41) is 3.37. The summed E-state index contributed by atoms with van der Waals surface area (Å²) in [6.45, 7) is -0.112. The molecule has 2 aromatic rings. The van der Waals surface area contributed by atoms with Crippen LogP contribution in [0, 0.1) is 0 Å². The quantitative estimate of drug-likeness (QED) is 0.838. The summed E-state index contributed by atoms with van der Waals surface area (Å²) >= 11 is 1.58. The molecule has 0 aliphatic rings. The average Bonchev–Trinajstić information content (AvgIpc) is 2.76. The van der Waals surface area contributed by atoms with Gasteiger partial charge in [0, 0.05) is 12.8 Å². The van der Waals surface area contributed by atoms with Crippen LogP contribution in [-0.4, -0.2) is 23.3 Å². The zero-order valence-electron chi connectivity index (χ0n) is 9.68. The van der Waals surface area contributed by atoms with E-state index in [9.17, 15) is 9.59 Å². The number of amides is 2. The maximum Gasteiger partial charge on any atom is 0.236 e. The second-order valence-corrected chi connectivity index (χ2v) is 4.93. The van der Waals surface area contributed by atoms with E-state index in [1.54, 1.807) is 11.3 Å². The molecule has 0 atom stereocenters. The zero-order valence-corrected chi connectivity index (χ0v) is 10.5. The molecule has 0 spiro atoms. The van der Waals surface area contributed by atoms with Crippen molar-refractivity contribution >= 4 is 33.4 Å². The Morgan fingerprint density at radius 3 is 2.83 bits per heavy atom. The van der Waals surface area contributed by atoms with E-state index in [0.29, 0.717) is 12.8 Å². The second-order valence-electron chi connectivity index (χ2n) is 3.82. The van der Waals surface area contributed by atoms with Gasteiger partial charge < -0.3 is 11.1 Å². The molecule has 94 valence electrons. The summed E-state index contributed by atoms with van der Waals surface area (Å²) in [5.41, 5.74) is 5.89. The second kappa shape index (κ2) is 5.59. The number of carbonyl (C=O) groups excluding carboxylic acids is 2. The number of fused-ring (bicyclic) bond motifs is 1. The van der Waals surface area contributed by atoms with Crippen LogP contribution >= 0.6 is 11.3 Å². The van der Waals surface area contributed by atoms with Gasteiger partial charge in [0.25, 0.3) is 0 Å². The molecule has 0 bridgehead atoms. The van der Waals surface area contributed by atoms with Crippen LogP contribution in [0.2, 0.25) is 0 Å². The third kappa shape index (κ3) is 3.27. The van der Waals surface area contributed by atoms with Crippen molar-refractivity contribution in [2.24, 2.45) is 5.73 Å². The van der Waals surface area contributed by atoms with Crippen molar-refractivity contribution in [2.75, 3.05) is 6.54 Å². The number of primary amides is 1. The van der Waals surface area contributed by atoms with Crippen molar-refractivity contribution in [1.82, 2.24) is 10.3 Å². The third-order valence-corrected chi connectivity index (χ3v) is 3.46. The first kappa shape index (κ1) is 12.5. The Hall–Kier alpha value is -1.95. The van der Waals surface area contributed by atoms with E-state index in [2.05, 4.69) is 10.3 Å². The summed E-state index contributed by atoms with van der Waals surface area (Å²) < 4.78 is 1.12. The fraction of sp³-hybridized carbons (Fsp3) is 0.250. The molecular weight excluding hydrogens is 250 g/mol. The first-order chi connectivity index (χ1) is 8.65. The van der Waals surface area contributed by atoms with Gasteiger partial charge in [0.2, 0.25) is 11.8 Å². The summed E-state index contributed by atoms with van der Waals surface area (Å²) in [7, 11) is 0. The number of nitrogens with one attached hydrogen (secondary N) is 1. The first-order valence-electron chi connectivity index (χ1n) is 5.54. The van der Waals surface area contributed by atoms with Crippen molar-refractivity contribution in [2.45, 2.75) is 12.8 Å². The van der Waals surface area contributed by atoms with Crippen molar-refractivity contribution in [3.05, 3.63) is 29.3 Å². The number of benzene rings is 1. The van der Waals surface area contributed by atoms with Crippen LogP contribution < -0.4 is 11.1 Å². The third-order valence-electron chi connectivity index (χ3n) is 2.36. The number of hydrogen-bond donors (Lipinski definition) is 2. The monoisotopic (exact) mass is 263 g/mol. The molecule has 1 heterocycles. The number of aromatic nitrogens is 1. The number of nitrogens with two attached hydrogens (primary N) is 1. The normalized spacial score (nSPS) is 10.4. The minimum absolute atomic E-state index is 0.112. The van der Waals surface area contributed by atoms with Crippen LogP contribution in [0.25, 0.3) is 10.2 Å². The van der Waals surface area contributed by atoms with Crippen LogP contribution in [0.1, 0.15) is 11.4 Å². The smallest absolute Gasteiger partial charge is 0.236 e. The van der Waals surface area contributed by atoms with Gasteiger partial charge >= 0.3 is 0 Å². The predicted octanol–water partition coefficient (Wildman–Crippen LogP) is 0.830. The summed E-state index contributed by atoms with van der Waals surface area (Å²) in [6.07, 6.45) is 0.886. The molecule has 1 aromatic heterocycles. The van der Waals surface area contributed by atoms with Crippen LogP contribution in [0.3, 0.4) is 0 Å². The van der Waals surface area contributed by atoms with E-state index in [1.807, 2.05) is 24.3 Å². The number of rotatable bonds is 5. The number of thiazole rings is 1. The number of nitrogens with zero attached hydrogens (tertiary/aromatic N) is 1. The van der Waals surface area contributed by atoms with Crippen molar-refractivity contribution in [3.8, 4) is 0 Å². The maximum atomic E-state index is 11.4. The Morgan fingerprint density at radius 1 is 1.33 bits per heavy atom. The van der Waals surface area contributed by atoms with E-state index in [4.69, 9.17) is 5.73 Å². The Bertz CT molecular complexity index is 546. The standard InChI is InChI=1S/C12H13N3O2S/c13-10(16)7-14-11(17)5-6-12-15-8-3-1-2-4-9(8)18-12/h1-4H,5-7H2,(H2,13,16)(H,14,17). The molecular formula is C12H13N3O2S. The molecule has 6 heteroatoms. The SMILES string of the molecule is NC(=O)CNC(=O)CCc1nc2ccccc2s1. The fourth-order valence-electron chi connectivity index (χ4n) is 1.52. The van der Waals surface area contributed by atoms with Gasteiger partial charge in [0.1, 0.15) is 0 Å². The van der Waals surface area contributed by atoms with Gasteiger partial charge in [0.05, 0.1) is 21.8 Å². The van der Waals surface area contributed by atoms with E-state index in [-0.39, 0.29) is 12.5 Å². The molecule has 3 N–H and O–H groups in total. The minimum atomic E-state index is -0.539. The van der Waals surface area contributed by atoms with E-state index >= 15 is 0 Å². The molecule has 2 amide bonds. The van der Waals surface area contributed by atoms with Crippen LogP contribution in [0.15, 0.2) is 24.3 Å². The molecule has 0 aliphatic carbocycles. The highest BCUT2D eigenvalue weighted by atomic mass is 32.1. The Labute approximate surface area is 108 Å². The number of carbonyl (C=O) groups is 2. The summed E-state index contributed by atoms with van der Waals surface area (Å²) in [4.78, 5) is 26.3. The van der Waals surface area contributed by atoms with E-state index < -0.39 is 5.91 Å². The van der Waals surface area contributed by atoms with Crippen LogP contribution in [0.4, 0.5) is 0 Å². The van der Waals surface area contributed by atoms with Crippen LogP contribution in [-0.2, 0) is 16.0 Å². The fourth-order valence-corrected chi connectivity index (χ4v) is 2.49. The van der Waals surface area contributed by atoms with E-state index in [1.165, 1.54) is 0 Å². The molecule has 0 aliphatic heterocycles. The zero-order chi connectivity index (χ0) is 13.0. The van der Waals surface area contributed by atoms with Gasteiger partial charge in [-0.3, -0.25) is 9.59 Å². The maximum absolute atomic E-state index is 11.4. The van der Waals surface area contributed by atoms with Gasteiger partial charge in [0.15, 0.2) is 0 Å². The lowest BCUT2D eigenvalue weighted by Gasteiger charge is -2.00. The predicted molar refractivity (Wildman–Crippen MR) is 70.1 cm³/mol. The van der Waals surface area contributed by atoms with Crippen molar-refractivity contribution in [1.29, 1.82) is 0 Å². The van der Waals surface area contributed by atoms with Gasteiger partial charge in [-0.15, -0.1) is 11.3 Å². The van der Waals surface area contributed by atoms with Crippen molar-refractivity contribution in [3.63, 3.8) is 0 Å². The molecule has 2 rings (SSSR count). The Morgan fingerprint density at radius 2 is 2.11 bits per heavy atom. The van der Waals surface area contributed by atoms with Crippen LogP contribution in [0.5, 0.6) is 0 Å². The number of para-hydroxylation sites is 1. The van der Waals surface area contributed by atoms with Crippen molar-refractivity contribution < 1.29 is 9.59 Å². The van der Waals surface area contributed by atoms with Gasteiger partial charge in [-0.25, -0.2) is 4.98 Å². The highest BCUT2D eigenvalue weighted by molar-refractivity contribution is 7.18. The molecule has 0 radical (unpaired) electrons. The molecule has 0 saturated carbocycles. The largest absolute Gasteiger partial charge is 0.368 e. The average molecular weight is 263 g/mol. The Balaban J connectivity index is 1.90. The topological polar surface area (TPSA) is 85.1 Å². The van der Waals surface area contributed by atoms with Gasteiger partial charge in [-0.05, 0) is 12.1 Å². The summed E-state index contributed by atoms with van der Waals surface area (Å²) in [5.74, 6) is -0.726. The molecule has 18 heavy (non-hydrogen) atoms. The lowest BCUT2D eigenvalue weighted by atomic mass is 10.3. The number of aryl methyl sites for hydroxylation is 1. The summed E-state index contributed by atoms with van der Waals surface area (Å²) in [6, 6.07) is 7.85. The minimum Gasteiger partial charge on any atom is -0.368 e. The highest BCUT2D eigenvalue weighted by Gasteiger charge is 2.07. The van der Waals surface area contributed by atoms with Gasteiger partial charge in [-0.2, -0.15) is 0 Å². The molecule has 0 fully saturated rings. The lowest BCUT2D eigenvalue weighted by molar-refractivity contribution is -0.124. The van der Waals surface area contributed by atoms with E-state index in [0.717, 1.165) is 15.2 Å². The molecule has 5 nitrogen and oxygen atoms in total. The lowest BCUT2D eigenvalue weighted by Crippen LogP contribution is -2.33. The molecule has 0 unspecified atom stereocenters. The highest BCUT2D eigenvalue weighted by Crippen LogP contribution is 2.22. The molecule has 0 saturated heterocycles. The first-order valence-corrected chi connectivity index (χ1v) is 6.36. The van der Waals surface area contributed by atoms with Gasteiger partial charge in [-0.1, -0.05) is 12.1 Å². The molecule has 1 aromatic carbocycles. The number of hydrogen-bond acceptors (Lipinski definition) is 4.